The van der Waals surface area contributed by atoms with Gasteiger partial charge in [-0.1, -0.05) is 12.1 Å². The smallest absolute Gasteiger partial charge is 0.235 e. The highest BCUT2D eigenvalue weighted by Crippen LogP contribution is 2.19. The SMILES string of the molecule is OCCn1c2ccccc2n2c(=S)[nH]nc12. The summed E-state index contributed by atoms with van der Waals surface area (Å²) < 4.78 is 4.39. The predicted octanol–water partition coefficient (Wildman–Crippen LogP) is 1.34. The van der Waals surface area contributed by atoms with Gasteiger partial charge in [0.05, 0.1) is 17.6 Å². The van der Waals surface area contributed by atoms with E-state index in [1.807, 2.05) is 33.2 Å². The quantitative estimate of drug-likeness (QED) is 0.658. The molecular weight excluding hydrogens is 224 g/mol. The maximum absolute atomic E-state index is 9.07. The first-order valence-electron chi connectivity index (χ1n) is 4.98. The molecule has 0 aliphatic rings. The lowest BCUT2D eigenvalue weighted by Gasteiger charge is -2.00. The van der Waals surface area contributed by atoms with E-state index >= 15 is 0 Å². The zero-order chi connectivity index (χ0) is 11.1. The summed E-state index contributed by atoms with van der Waals surface area (Å²) in [5.41, 5.74) is 2.03. The van der Waals surface area contributed by atoms with Crippen molar-refractivity contribution < 1.29 is 5.11 Å². The summed E-state index contributed by atoms with van der Waals surface area (Å²) in [5.74, 6) is 0.736. The Morgan fingerprint density at radius 1 is 1.31 bits per heavy atom. The number of aliphatic hydroxyl groups is 1. The lowest BCUT2D eigenvalue weighted by atomic mass is 10.3. The number of para-hydroxylation sites is 2. The number of benzene rings is 1. The average Bonchev–Trinajstić information content (AvgIpc) is 2.81. The normalized spacial score (nSPS) is 11.6. The summed E-state index contributed by atoms with van der Waals surface area (Å²) in [4.78, 5) is 0. The molecule has 0 aliphatic carbocycles. The Balaban J connectivity index is 2.55. The number of aromatic nitrogens is 4. The zero-order valence-electron chi connectivity index (χ0n) is 8.42. The highest BCUT2D eigenvalue weighted by atomic mass is 32.1. The van der Waals surface area contributed by atoms with Crippen molar-refractivity contribution in [2.45, 2.75) is 6.54 Å². The second-order valence-electron chi connectivity index (χ2n) is 3.53. The Labute approximate surface area is 95.9 Å². The van der Waals surface area contributed by atoms with Crippen molar-refractivity contribution in [1.82, 2.24) is 19.2 Å². The number of nitrogens with zero attached hydrogens (tertiary/aromatic N) is 3. The van der Waals surface area contributed by atoms with Crippen molar-refractivity contribution in [1.29, 1.82) is 0 Å². The summed E-state index contributed by atoms with van der Waals surface area (Å²) in [6, 6.07) is 7.90. The van der Waals surface area contributed by atoms with Crippen LogP contribution >= 0.6 is 12.2 Å². The highest BCUT2D eigenvalue weighted by molar-refractivity contribution is 7.71. The number of nitrogens with one attached hydrogen (secondary N) is 1. The van der Waals surface area contributed by atoms with E-state index in [1.165, 1.54) is 0 Å². The summed E-state index contributed by atoms with van der Waals surface area (Å²) in [5, 5.41) is 16.0. The third-order valence-electron chi connectivity index (χ3n) is 2.63. The van der Waals surface area contributed by atoms with Crippen LogP contribution in [0.1, 0.15) is 0 Å². The van der Waals surface area contributed by atoms with Crippen LogP contribution in [0.25, 0.3) is 16.8 Å². The molecule has 0 aliphatic heterocycles. The van der Waals surface area contributed by atoms with Crippen molar-refractivity contribution in [2.24, 2.45) is 0 Å². The van der Waals surface area contributed by atoms with Gasteiger partial charge in [0, 0.05) is 6.54 Å². The molecule has 1 aromatic carbocycles. The Hall–Kier alpha value is -1.66. The fraction of sp³-hybridized carbons (Fsp3) is 0.200. The standard InChI is InChI=1S/C10H10N4OS/c15-6-5-13-7-3-1-2-4-8(7)14-9(13)11-12-10(14)16/h1-4,15H,5-6H2,(H,12,16). The second-order valence-corrected chi connectivity index (χ2v) is 3.91. The number of imidazole rings is 1. The third kappa shape index (κ3) is 1.14. The van der Waals surface area contributed by atoms with Gasteiger partial charge in [-0.3, -0.25) is 4.40 Å². The number of fused-ring (bicyclic) bond motifs is 3. The van der Waals surface area contributed by atoms with Gasteiger partial charge in [0.2, 0.25) is 10.5 Å². The monoisotopic (exact) mass is 234 g/mol. The molecule has 2 aromatic heterocycles. The van der Waals surface area contributed by atoms with Crippen LogP contribution in [0.4, 0.5) is 0 Å². The Morgan fingerprint density at radius 3 is 2.81 bits per heavy atom. The number of hydrogen-bond acceptors (Lipinski definition) is 3. The van der Waals surface area contributed by atoms with Crippen molar-refractivity contribution in [3.05, 3.63) is 29.0 Å². The minimum absolute atomic E-state index is 0.0773. The molecule has 0 bridgehead atoms. The minimum atomic E-state index is 0.0773. The van der Waals surface area contributed by atoms with Crippen LogP contribution in [0.2, 0.25) is 0 Å². The first-order chi connectivity index (χ1) is 7.83. The van der Waals surface area contributed by atoms with Crippen LogP contribution in [0.15, 0.2) is 24.3 Å². The Bertz CT molecular complexity index is 708. The molecular formula is C10H10N4OS. The molecule has 0 saturated carbocycles. The van der Waals surface area contributed by atoms with E-state index in [4.69, 9.17) is 17.3 Å². The molecule has 3 aromatic rings. The first-order valence-corrected chi connectivity index (χ1v) is 5.39. The van der Waals surface area contributed by atoms with Gasteiger partial charge >= 0.3 is 0 Å². The predicted molar refractivity (Wildman–Crippen MR) is 63.0 cm³/mol. The van der Waals surface area contributed by atoms with Gasteiger partial charge in [0.1, 0.15) is 0 Å². The molecule has 0 fully saturated rings. The first kappa shape index (κ1) is 9.56. The largest absolute Gasteiger partial charge is 0.395 e. The van der Waals surface area contributed by atoms with Gasteiger partial charge < -0.3 is 9.67 Å². The van der Waals surface area contributed by atoms with Crippen LogP contribution in [-0.2, 0) is 6.54 Å². The Kier molecular flexibility index (Phi) is 2.05. The molecule has 82 valence electrons. The van der Waals surface area contributed by atoms with E-state index in [1.54, 1.807) is 0 Å². The van der Waals surface area contributed by atoms with Gasteiger partial charge in [0.25, 0.3) is 0 Å². The number of rotatable bonds is 2. The lowest BCUT2D eigenvalue weighted by molar-refractivity contribution is 0.279. The zero-order valence-corrected chi connectivity index (χ0v) is 9.24. The molecule has 0 radical (unpaired) electrons. The van der Waals surface area contributed by atoms with Gasteiger partial charge in [-0.05, 0) is 24.4 Å². The van der Waals surface area contributed by atoms with Crippen LogP contribution < -0.4 is 0 Å². The van der Waals surface area contributed by atoms with Crippen LogP contribution in [0, 0.1) is 4.77 Å². The average molecular weight is 234 g/mol. The minimum Gasteiger partial charge on any atom is -0.395 e. The van der Waals surface area contributed by atoms with Gasteiger partial charge in [-0.15, -0.1) is 5.10 Å². The number of aromatic amines is 1. The summed E-state index contributed by atoms with van der Waals surface area (Å²) in [6.07, 6.45) is 0. The van der Waals surface area contributed by atoms with Crippen LogP contribution in [-0.4, -0.2) is 30.9 Å². The van der Waals surface area contributed by atoms with Crippen molar-refractivity contribution >= 4 is 29.0 Å². The lowest BCUT2D eigenvalue weighted by Crippen LogP contribution is -2.02. The van der Waals surface area contributed by atoms with Gasteiger partial charge in [-0.2, -0.15) is 0 Å². The number of hydrogen-bond donors (Lipinski definition) is 2. The van der Waals surface area contributed by atoms with Crippen molar-refractivity contribution in [2.75, 3.05) is 6.61 Å². The molecule has 0 atom stereocenters. The summed E-state index contributed by atoms with van der Waals surface area (Å²) >= 11 is 5.18. The molecule has 0 amide bonds. The van der Waals surface area contributed by atoms with Crippen molar-refractivity contribution in [3.8, 4) is 0 Å². The summed E-state index contributed by atoms with van der Waals surface area (Å²) in [7, 11) is 0. The second kappa shape index (κ2) is 3.43. The van der Waals surface area contributed by atoms with E-state index < -0.39 is 0 Å². The van der Waals surface area contributed by atoms with Crippen LogP contribution in [0.3, 0.4) is 0 Å². The van der Waals surface area contributed by atoms with E-state index in [2.05, 4.69) is 10.2 Å². The maximum atomic E-state index is 9.07. The molecule has 0 unspecified atom stereocenters. The number of H-pyrrole nitrogens is 1. The van der Waals surface area contributed by atoms with E-state index in [0.29, 0.717) is 11.3 Å². The highest BCUT2D eigenvalue weighted by Gasteiger charge is 2.11. The molecule has 2 heterocycles. The van der Waals surface area contributed by atoms with Crippen molar-refractivity contribution in [3.63, 3.8) is 0 Å². The van der Waals surface area contributed by atoms with Crippen LogP contribution in [0.5, 0.6) is 0 Å². The molecule has 6 heteroatoms. The molecule has 2 N–H and O–H groups in total. The fourth-order valence-corrected chi connectivity index (χ4v) is 2.22. The van der Waals surface area contributed by atoms with E-state index in [-0.39, 0.29) is 6.61 Å². The third-order valence-corrected chi connectivity index (χ3v) is 2.91. The molecule has 3 rings (SSSR count). The Morgan fingerprint density at radius 2 is 2.06 bits per heavy atom. The van der Waals surface area contributed by atoms with Gasteiger partial charge in [-0.25, -0.2) is 5.10 Å². The molecule has 0 spiro atoms. The topological polar surface area (TPSA) is 58.2 Å². The molecule has 5 nitrogen and oxygen atoms in total. The molecule has 16 heavy (non-hydrogen) atoms. The van der Waals surface area contributed by atoms with E-state index in [9.17, 15) is 0 Å². The van der Waals surface area contributed by atoms with Gasteiger partial charge in [0.15, 0.2) is 0 Å². The van der Waals surface area contributed by atoms with E-state index in [0.717, 1.165) is 16.8 Å². The fourth-order valence-electron chi connectivity index (χ4n) is 2.00. The summed E-state index contributed by atoms with van der Waals surface area (Å²) in [6.45, 7) is 0.588. The molecule has 0 saturated heterocycles. The number of aliphatic hydroxyl groups excluding tert-OH is 1. The maximum Gasteiger partial charge on any atom is 0.235 e.